The van der Waals surface area contributed by atoms with Crippen molar-refractivity contribution in [1.29, 1.82) is 0 Å². The molecule has 2 N–H and O–H groups in total. The minimum absolute atomic E-state index is 0.304. The summed E-state index contributed by atoms with van der Waals surface area (Å²) in [7, 11) is -3.58. The predicted molar refractivity (Wildman–Crippen MR) is 85.0 cm³/mol. The Labute approximate surface area is 129 Å². The molecule has 2 aromatic heterocycles. The molecule has 0 fully saturated rings. The van der Waals surface area contributed by atoms with Crippen molar-refractivity contribution in [3.8, 4) is 0 Å². The van der Waals surface area contributed by atoms with E-state index in [1.54, 1.807) is 22.3 Å². The van der Waals surface area contributed by atoms with Crippen molar-refractivity contribution in [2.24, 2.45) is 0 Å². The fraction of sp³-hybridized carbons (Fsp3) is 0.462. The highest BCUT2D eigenvalue weighted by Gasteiger charge is 2.20. The zero-order valence-corrected chi connectivity index (χ0v) is 14.0. The fourth-order valence-electron chi connectivity index (χ4n) is 1.79. The van der Waals surface area contributed by atoms with Crippen LogP contribution in [-0.4, -0.2) is 24.2 Å². The Hall–Kier alpha value is -1.38. The summed E-state index contributed by atoms with van der Waals surface area (Å²) < 4.78 is 29.2. The maximum atomic E-state index is 12.5. The van der Waals surface area contributed by atoms with E-state index in [-0.39, 0.29) is 0 Å². The first-order valence-corrected chi connectivity index (χ1v) is 9.13. The molecule has 0 aromatic carbocycles. The van der Waals surface area contributed by atoms with Crippen LogP contribution >= 0.6 is 11.3 Å². The predicted octanol–water partition coefficient (Wildman–Crippen LogP) is 2.26. The van der Waals surface area contributed by atoms with E-state index in [0.29, 0.717) is 29.7 Å². The fourth-order valence-corrected chi connectivity index (χ4v) is 4.22. The molecule has 0 aliphatic carbocycles. The molecule has 0 saturated heterocycles. The van der Waals surface area contributed by atoms with E-state index in [1.807, 2.05) is 20.8 Å². The number of sulfonamides is 1. The molecule has 0 atom stereocenters. The number of aromatic nitrogens is 2. The monoisotopic (exact) mass is 328 g/mol. The van der Waals surface area contributed by atoms with E-state index < -0.39 is 10.0 Å². The van der Waals surface area contributed by atoms with Crippen LogP contribution in [0.1, 0.15) is 25.6 Å². The summed E-state index contributed by atoms with van der Waals surface area (Å²) in [5.41, 5.74) is 0.478. The van der Waals surface area contributed by atoms with Gasteiger partial charge >= 0.3 is 0 Å². The molecule has 0 unspecified atom stereocenters. The summed E-state index contributed by atoms with van der Waals surface area (Å²) in [5, 5.41) is 9.09. The number of hydrogen-bond donors (Lipinski definition) is 2. The topological polar surface area (TPSA) is 76.0 Å². The number of nitrogens with zero attached hydrogens (tertiary/aromatic N) is 2. The molecular formula is C13H20N4O2S2. The van der Waals surface area contributed by atoms with Crippen LogP contribution in [0.2, 0.25) is 0 Å². The molecule has 0 bridgehead atoms. The largest absolute Gasteiger partial charge is 0.310 e. The van der Waals surface area contributed by atoms with Gasteiger partial charge in [0.2, 0.25) is 0 Å². The number of aryl methyl sites for hydroxylation is 1. The molecular weight excluding hydrogens is 308 g/mol. The molecule has 2 rings (SSSR count). The minimum Gasteiger partial charge on any atom is -0.310 e. The first-order valence-electron chi connectivity index (χ1n) is 6.77. The van der Waals surface area contributed by atoms with Crippen LogP contribution in [-0.2, 0) is 23.1 Å². The Morgan fingerprint density at radius 2 is 2.19 bits per heavy atom. The molecule has 21 heavy (non-hydrogen) atoms. The van der Waals surface area contributed by atoms with Gasteiger partial charge in [0.05, 0.1) is 11.9 Å². The molecule has 8 heteroatoms. The third-order valence-corrected chi connectivity index (χ3v) is 5.39. The van der Waals surface area contributed by atoms with Crippen LogP contribution < -0.4 is 10.0 Å². The van der Waals surface area contributed by atoms with Gasteiger partial charge in [-0.3, -0.25) is 9.40 Å². The molecule has 6 nitrogen and oxygen atoms in total. The SMILES string of the molecule is CCn1cc(NS(=O)(=O)c2ccsc2CNC(C)C)cn1. The number of anilines is 1. The van der Waals surface area contributed by atoms with Crippen molar-refractivity contribution < 1.29 is 8.42 Å². The zero-order valence-electron chi connectivity index (χ0n) is 12.3. The van der Waals surface area contributed by atoms with Crippen molar-refractivity contribution in [1.82, 2.24) is 15.1 Å². The normalized spacial score (nSPS) is 12.0. The summed E-state index contributed by atoms with van der Waals surface area (Å²) in [5.74, 6) is 0. The Balaban J connectivity index is 2.17. The first kappa shape index (κ1) is 16.0. The van der Waals surface area contributed by atoms with Gasteiger partial charge in [-0.2, -0.15) is 5.10 Å². The molecule has 0 radical (unpaired) electrons. The summed E-state index contributed by atoms with van der Waals surface area (Å²) >= 11 is 1.44. The van der Waals surface area contributed by atoms with Crippen LogP contribution in [0.25, 0.3) is 0 Å². The second-order valence-corrected chi connectivity index (χ2v) is 7.59. The third kappa shape index (κ3) is 4.05. The van der Waals surface area contributed by atoms with Gasteiger partial charge in [-0.25, -0.2) is 8.42 Å². The molecule has 0 aliphatic rings. The summed E-state index contributed by atoms with van der Waals surface area (Å²) in [6.07, 6.45) is 3.19. The van der Waals surface area contributed by atoms with Gasteiger partial charge in [-0.05, 0) is 18.4 Å². The lowest BCUT2D eigenvalue weighted by Crippen LogP contribution is -2.23. The van der Waals surface area contributed by atoms with Crippen molar-refractivity contribution in [3.05, 3.63) is 28.7 Å². The summed E-state index contributed by atoms with van der Waals surface area (Å²) in [6, 6.07) is 1.94. The highest BCUT2D eigenvalue weighted by Crippen LogP contribution is 2.24. The van der Waals surface area contributed by atoms with Gasteiger partial charge in [0, 0.05) is 30.2 Å². The van der Waals surface area contributed by atoms with Crippen molar-refractivity contribution >= 4 is 27.0 Å². The zero-order chi connectivity index (χ0) is 15.5. The van der Waals surface area contributed by atoms with E-state index in [2.05, 4.69) is 15.1 Å². The molecule has 0 saturated carbocycles. The van der Waals surface area contributed by atoms with Gasteiger partial charge in [0.15, 0.2) is 0 Å². The van der Waals surface area contributed by atoms with Crippen LogP contribution in [0.15, 0.2) is 28.7 Å². The van der Waals surface area contributed by atoms with Gasteiger partial charge in [0.1, 0.15) is 4.90 Å². The van der Waals surface area contributed by atoms with Gasteiger partial charge in [-0.1, -0.05) is 13.8 Å². The Kier molecular flexibility index (Phi) is 5.02. The maximum absolute atomic E-state index is 12.5. The summed E-state index contributed by atoms with van der Waals surface area (Å²) in [6.45, 7) is 7.24. The molecule has 0 aliphatic heterocycles. The average molecular weight is 328 g/mol. The molecule has 116 valence electrons. The Morgan fingerprint density at radius 3 is 2.81 bits per heavy atom. The van der Waals surface area contributed by atoms with E-state index in [1.165, 1.54) is 17.5 Å². The third-order valence-electron chi connectivity index (χ3n) is 2.87. The van der Waals surface area contributed by atoms with Crippen LogP contribution in [0.4, 0.5) is 5.69 Å². The van der Waals surface area contributed by atoms with Crippen molar-refractivity contribution in [3.63, 3.8) is 0 Å². The maximum Gasteiger partial charge on any atom is 0.263 e. The van der Waals surface area contributed by atoms with E-state index >= 15 is 0 Å². The van der Waals surface area contributed by atoms with Crippen LogP contribution in [0, 0.1) is 0 Å². The molecule has 0 amide bonds. The average Bonchev–Trinajstić information content (AvgIpc) is 3.04. The number of rotatable bonds is 7. The lowest BCUT2D eigenvalue weighted by Gasteiger charge is -2.10. The van der Waals surface area contributed by atoms with Crippen LogP contribution in [0.5, 0.6) is 0 Å². The quantitative estimate of drug-likeness (QED) is 0.817. The number of nitrogens with one attached hydrogen (secondary N) is 2. The molecule has 0 spiro atoms. The minimum atomic E-state index is -3.58. The first-order chi connectivity index (χ1) is 9.92. The molecule has 2 aromatic rings. The highest BCUT2D eigenvalue weighted by atomic mass is 32.2. The standard InChI is InChI=1S/C13H20N4O2S2/c1-4-17-9-11(7-15-17)16-21(18,19)13-5-6-20-12(13)8-14-10(2)3/h5-7,9-10,14,16H,4,8H2,1-3H3. The lowest BCUT2D eigenvalue weighted by molar-refractivity contribution is 0.581. The van der Waals surface area contributed by atoms with E-state index in [9.17, 15) is 8.42 Å². The van der Waals surface area contributed by atoms with Crippen molar-refractivity contribution in [2.75, 3.05) is 4.72 Å². The summed E-state index contributed by atoms with van der Waals surface area (Å²) in [4.78, 5) is 1.13. The number of hydrogen-bond acceptors (Lipinski definition) is 5. The molecule has 2 heterocycles. The second kappa shape index (κ2) is 6.59. The van der Waals surface area contributed by atoms with Crippen LogP contribution in [0.3, 0.4) is 0 Å². The second-order valence-electron chi connectivity index (χ2n) is 4.93. The van der Waals surface area contributed by atoms with E-state index in [4.69, 9.17) is 0 Å². The highest BCUT2D eigenvalue weighted by molar-refractivity contribution is 7.93. The van der Waals surface area contributed by atoms with Crippen molar-refractivity contribution in [2.45, 2.75) is 44.8 Å². The van der Waals surface area contributed by atoms with Gasteiger partial charge < -0.3 is 5.32 Å². The number of thiophene rings is 1. The Morgan fingerprint density at radius 1 is 1.43 bits per heavy atom. The Bertz CT molecular complexity index is 689. The smallest absolute Gasteiger partial charge is 0.263 e. The van der Waals surface area contributed by atoms with Gasteiger partial charge in [0.25, 0.3) is 10.0 Å². The van der Waals surface area contributed by atoms with Gasteiger partial charge in [-0.15, -0.1) is 11.3 Å². The van der Waals surface area contributed by atoms with E-state index in [0.717, 1.165) is 4.88 Å². The lowest BCUT2D eigenvalue weighted by atomic mass is 10.4.